The van der Waals surface area contributed by atoms with Crippen LogP contribution in [0.15, 0.2) is 47.4 Å². The molecule has 8 heteroatoms. The highest BCUT2D eigenvalue weighted by atomic mass is 32.2. The zero-order valence-corrected chi connectivity index (χ0v) is 16.6. The van der Waals surface area contributed by atoms with Crippen LogP contribution in [0, 0.1) is 5.82 Å². The van der Waals surface area contributed by atoms with Gasteiger partial charge in [-0.05, 0) is 55.8 Å². The fourth-order valence-electron chi connectivity index (χ4n) is 3.66. The molecule has 1 fully saturated rings. The van der Waals surface area contributed by atoms with E-state index in [1.807, 2.05) is 0 Å². The second-order valence-corrected chi connectivity index (χ2v) is 8.68. The van der Waals surface area contributed by atoms with Crippen LogP contribution in [0.2, 0.25) is 0 Å². The number of amides is 1. The summed E-state index contributed by atoms with van der Waals surface area (Å²) >= 11 is 0. The molecule has 0 atom stereocenters. The Labute approximate surface area is 164 Å². The maximum atomic E-state index is 13.3. The second-order valence-electron chi connectivity index (χ2n) is 6.82. The lowest BCUT2D eigenvalue weighted by Crippen LogP contribution is -2.43. The average molecular weight is 406 g/mol. The Morgan fingerprint density at radius 1 is 1.11 bits per heavy atom. The van der Waals surface area contributed by atoms with E-state index in [-0.39, 0.29) is 27.9 Å². The van der Waals surface area contributed by atoms with E-state index in [4.69, 9.17) is 4.74 Å². The third-order valence-corrected chi connectivity index (χ3v) is 6.63. The first-order valence-corrected chi connectivity index (χ1v) is 10.5. The van der Waals surface area contributed by atoms with Crippen molar-refractivity contribution < 1.29 is 22.3 Å². The highest BCUT2D eigenvalue weighted by molar-refractivity contribution is 7.89. The number of carbonyl (C=O) groups is 1. The number of sulfonamides is 1. The lowest BCUT2D eigenvalue weighted by Gasteiger charge is -2.31. The number of ether oxygens (including phenoxy) is 1. The molecular weight excluding hydrogens is 383 g/mol. The first-order valence-electron chi connectivity index (χ1n) is 9.01. The molecule has 0 spiro atoms. The van der Waals surface area contributed by atoms with Crippen molar-refractivity contribution in [3.63, 3.8) is 0 Å². The number of nitrogens with one attached hydrogen (secondary N) is 2. The van der Waals surface area contributed by atoms with Crippen molar-refractivity contribution in [3.8, 4) is 5.75 Å². The van der Waals surface area contributed by atoms with Crippen LogP contribution in [0.4, 0.5) is 4.39 Å². The summed E-state index contributed by atoms with van der Waals surface area (Å²) in [4.78, 5) is 12.9. The molecule has 1 aliphatic rings. The van der Waals surface area contributed by atoms with Gasteiger partial charge < -0.3 is 10.1 Å². The molecule has 0 aliphatic heterocycles. The molecular formula is C20H23FN2O4S. The minimum atomic E-state index is -3.79. The highest BCUT2D eigenvalue weighted by Gasteiger charge is 2.37. The van der Waals surface area contributed by atoms with Gasteiger partial charge in [0.25, 0.3) is 5.91 Å². The second kappa shape index (κ2) is 7.89. The third kappa shape index (κ3) is 3.88. The number of halogens is 1. The van der Waals surface area contributed by atoms with E-state index in [0.29, 0.717) is 0 Å². The van der Waals surface area contributed by atoms with Crippen molar-refractivity contribution in [3.05, 3.63) is 59.4 Å². The standard InChI is InChI=1S/C20H23FN2O4S/c1-22-28(25,26)18-13-14(5-10-17(18)27-2)19(24)23-20(11-3-4-12-20)15-6-8-16(21)9-7-15/h5-10,13,22H,3-4,11-12H2,1-2H3,(H,23,24). The number of hydrogen-bond acceptors (Lipinski definition) is 4. The summed E-state index contributed by atoms with van der Waals surface area (Å²) in [5, 5.41) is 3.06. The van der Waals surface area contributed by atoms with Crippen molar-refractivity contribution in [2.24, 2.45) is 0 Å². The van der Waals surface area contributed by atoms with Crippen LogP contribution in [-0.4, -0.2) is 28.5 Å². The summed E-state index contributed by atoms with van der Waals surface area (Å²) in [6.07, 6.45) is 3.36. The van der Waals surface area contributed by atoms with Crippen LogP contribution >= 0.6 is 0 Å². The lowest BCUT2D eigenvalue weighted by atomic mass is 9.87. The Morgan fingerprint density at radius 3 is 2.32 bits per heavy atom. The number of methoxy groups -OCH3 is 1. The third-order valence-electron chi connectivity index (χ3n) is 5.19. The van der Waals surface area contributed by atoms with Gasteiger partial charge in [0.05, 0.1) is 12.6 Å². The van der Waals surface area contributed by atoms with Gasteiger partial charge in [-0.25, -0.2) is 17.5 Å². The number of carbonyl (C=O) groups excluding carboxylic acids is 1. The minimum absolute atomic E-state index is 0.104. The minimum Gasteiger partial charge on any atom is -0.495 e. The van der Waals surface area contributed by atoms with E-state index in [9.17, 15) is 17.6 Å². The van der Waals surface area contributed by atoms with Crippen LogP contribution in [0.25, 0.3) is 0 Å². The van der Waals surface area contributed by atoms with E-state index >= 15 is 0 Å². The van der Waals surface area contributed by atoms with Crippen LogP contribution < -0.4 is 14.8 Å². The fourth-order valence-corrected chi connectivity index (χ4v) is 4.58. The predicted molar refractivity (Wildman–Crippen MR) is 103 cm³/mol. The van der Waals surface area contributed by atoms with E-state index in [0.717, 1.165) is 31.2 Å². The molecule has 28 heavy (non-hydrogen) atoms. The molecule has 1 amide bonds. The molecule has 0 radical (unpaired) electrons. The van der Waals surface area contributed by atoms with E-state index in [1.54, 1.807) is 12.1 Å². The molecule has 6 nitrogen and oxygen atoms in total. The lowest BCUT2D eigenvalue weighted by molar-refractivity contribution is 0.0898. The molecule has 0 bridgehead atoms. The van der Waals surface area contributed by atoms with Gasteiger partial charge in [0, 0.05) is 5.56 Å². The maximum Gasteiger partial charge on any atom is 0.252 e. The monoisotopic (exact) mass is 406 g/mol. The Balaban J connectivity index is 1.95. The molecule has 3 rings (SSSR count). The molecule has 150 valence electrons. The Kier molecular flexibility index (Phi) is 5.71. The summed E-state index contributed by atoms with van der Waals surface area (Å²) < 4.78 is 45.2. The van der Waals surface area contributed by atoms with Crippen molar-refractivity contribution in [1.29, 1.82) is 0 Å². The smallest absolute Gasteiger partial charge is 0.252 e. The quantitative estimate of drug-likeness (QED) is 0.773. The summed E-state index contributed by atoms with van der Waals surface area (Å²) in [6, 6.07) is 10.4. The first-order chi connectivity index (χ1) is 13.3. The summed E-state index contributed by atoms with van der Waals surface area (Å²) in [5.41, 5.74) is 0.464. The van der Waals surface area contributed by atoms with Gasteiger partial charge in [0.2, 0.25) is 10.0 Å². The van der Waals surface area contributed by atoms with Crippen molar-refractivity contribution in [2.75, 3.05) is 14.2 Å². The molecule has 1 saturated carbocycles. The molecule has 0 unspecified atom stereocenters. The van der Waals surface area contributed by atoms with E-state index in [2.05, 4.69) is 10.0 Å². The van der Waals surface area contributed by atoms with Gasteiger partial charge in [-0.1, -0.05) is 25.0 Å². The largest absolute Gasteiger partial charge is 0.495 e. The van der Waals surface area contributed by atoms with E-state index < -0.39 is 15.6 Å². The van der Waals surface area contributed by atoms with Crippen molar-refractivity contribution >= 4 is 15.9 Å². The zero-order chi connectivity index (χ0) is 20.4. The van der Waals surface area contributed by atoms with Gasteiger partial charge in [-0.2, -0.15) is 0 Å². The summed E-state index contributed by atoms with van der Waals surface area (Å²) in [5.74, 6) is -0.568. The Bertz CT molecular complexity index is 968. The number of hydrogen-bond donors (Lipinski definition) is 2. The Hall–Kier alpha value is -2.45. The van der Waals surface area contributed by atoms with Crippen LogP contribution in [-0.2, 0) is 15.6 Å². The fraction of sp³-hybridized carbons (Fsp3) is 0.350. The van der Waals surface area contributed by atoms with Gasteiger partial charge in [0.1, 0.15) is 16.5 Å². The SMILES string of the molecule is CNS(=O)(=O)c1cc(C(=O)NC2(c3ccc(F)cc3)CCCC2)ccc1OC. The van der Waals surface area contributed by atoms with Gasteiger partial charge in [-0.15, -0.1) is 0 Å². The van der Waals surface area contributed by atoms with Crippen LogP contribution in [0.3, 0.4) is 0 Å². The predicted octanol–water partition coefficient (Wildman–Crippen LogP) is 2.94. The Morgan fingerprint density at radius 2 is 1.75 bits per heavy atom. The van der Waals surface area contributed by atoms with Crippen LogP contribution in [0.1, 0.15) is 41.6 Å². The van der Waals surface area contributed by atoms with Gasteiger partial charge >= 0.3 is 0 Å². The van der Waals surface area contributed by atoms with E-state index in [1.165, 1.54) is 44.5 Å². The van der Waals surface area contributed by atoms with Crippen LogP contribution in [0.5, 0.6) is 5.75 Å². The molecule has 2 N–H and O–H groups in total. The van der Waals surface area contributed by atoms with Gasteiger partial charge in [0.15, 0.2) is 0 Å². The van der Waals surface area contributed by atoms with Crippen molar-refractivity contribution in [1.82, 2.24) is 10.0 Å². The zero-order valence-electron chi connectivity index (χ0n) is 15.8. The maximum absolute atomic E-state index is 13.3. The normalized spacial score (nSPS) is 16.0. The number of benzene rings is 2. The highest BCUT2D eigenvalue weighted by Crippen LogP contribution is 2.39. The average Bonchev–Trinajstić information content (AvgIpc) is 3.17. The summed E-state index contributed by atoms with van der Waals surface area (Å²) in [6.45, 7) is 0. The molecule has 0 saturated heterocycles. The van der Waals surface area contributed by atoms with Gasteiger partial charge in [-0.3, -0.25) is 4.79 Å². The molecule has 0 heterocycles. The topological polar surface area (TPSA) is 84.5 Å². The first kappa shape index (κ1) is 20.3. The summed E-state index contributed by atoms with van der Waals surface area (Å²) in [7, 11) is -1.13. The molecule has 2 aromatic rings. The molecule has 2 aromatic carbocycles. The molecule has 0 aromatic heterocycles. The molecule has 1 aliphatic carbocycles. The number of rotatable bonds is 6. The van der Waals surface area contributed by atoms with Crippen molar-refractivity contribution in [2.45, 2.75) is 36.1 Å².